The molecule has 0 saturated heterocycles. The predicted octanol–water partition coefficient (Wildman–Crippen LogP) is -0.102. The fourth-order valence-corrected chi connectivity index (χ4v) is 2.95. The third-order valence-corrected chi connectivity index (χ3v) is 4.32. The van der Waals surface area contributed by atoms with Crippen molar-refractivity contribution in [1.29, 1.82) is 0 Å². The molecule has 1 heterocycles. The van der Waals surface area contributed by atoms with Crippen molar-refractivity contribution in [1.82, 2.24) is 0 Å². The van der Waals surface area contributed by atoms with Crippen LogP contribution in [0, 0.1) is 17.2 Å². The number of halogens is 2. The van der Waals surface area contributed by atoms with Gasteiger partial charge in [0.15, 0.2) is 6.20 Å². The van der Waals surface area contributed by atoms with Crippen LogP contribution < -0.4 is 22.6 Å². The average molecular weight is 386 g/mol. The summed E-state index contributed by atoms with van der Waals surface area (Å²) in [5.41, 5.74) is 3.67. The van der Waals surface area contributed by atoms with Crippen molar-refractivity contribution in [3.63, 3.8) is 0 Å². The molecule has 0 bridgehead atoms. The highest BCUT2D eigenvalue weighted by Gasteiger charge is 2.12. The fourth-order valence-electron chi connectivity index (χ4n) is 1.90. The summed E-state index contributed by atoms with van der Waals surface area (Å²) >= 11 is 7.63. The summed E-state index contributed by atoms with van der Waals surface area (Å²) in [6.07, 6.45) is 2.09. The Morgan fingerprint density at radius 2 is 1.42 bits per heavy atom. The number of nitrogens with zero attached hydrogens (tertiary/aromatic N) is 1. The van der Waals surface area contributed by atoms with E-state index < -0.39 is 10.2 Å². The number of benzene rings is 2. The third kappa shape index (κ3) is 6.18. The molecule has 0 unspecified atom stereocenters. The molecule has 0 N–H and O–H groups in total. The fraction of sp³-hybridized carbons (Fsp3) is 0.0625. The van der Waals surface area contributed by atoms with Crippen LogP contribution >= 0.6 is 23.1 Å². The first-order valence-corrected chi connectivity index (χ1v) is 9.08. The van der Waals surface area contributed by atoms with Crippen molar-refractivity contribution in [2.24, 2.45) is 0 Å². The summed E-state index contributed by atoms with van der Waals surface area (Å²) in [4.78, 5) is 1.26. The Kier molecular flexibility index (Phi) is 6.31. The van der Waals surface area contributed by atoms with Crippen molar-refractivity contribution in [2.75, 3.05) is 0 Å². The Morgan fingerprint density at radius 1 is 0.875 bits per heavy atom. The molecule has 0 aliphatic carbocycles. The molecule has 2 aromatic carbocycles. The molecule has 0 aliphatic rings. The molecule has 0 atom stereocenters. The van der Waals surface area contributed by atoms with Gasteiger partial charge < -0.3 is 0 Å². The van der Waals surface area contributed by atoms with E-state index in [0.29, 0.717) is 0 Å². The van der Waals surface area contributed by atoms with Gasteiger partial charge in [0.1, 0.15) is 16.4 Å². The van der Waals surface area contributed by atoms with Gasteiger partial charge in [-0.05, 0) is 24.6 Å². The van der Waals surface area contributed by atoms with E-state index in [-0.39, 0.29) is 0 Å². The van der Waals surface area contributed by atoms with Gasteiger partial charge in [-0.15, -0.1) is 14.2 Å². The van der Waals surface area contributed by atoms with Gasteiger partial charge in [-0.3, -0.25) is 0 Å². The topological polar surface area (TPSA) is 96.1 Å². The van der Waals surface area contributed by atoms with E-state index in [4.69, 9.17) is 30.2 Å². The van der Waals surface area contributed by atoms with Crippen molar-refractivity contribution in [2.45, 2.75) is 6.92 Å². The molecule has 1 aromatic heterocycles. The first-order valence-electron chi connectivity index (χ1n) is 6.69. The predicted molar refractivity (Wildman–Crippen MR) is 81.0 cm³/mol. The molecular weight excluding hydrogens is 373 g/mol. The summed E-state index contributed by atoms with van der Waals surface area (Å²) in [5, 5.41) is 0.764. The molecule has 5 nitrogen and oxygen atoms in total. The summed E-state index contributed by atoms with van der Waals surface area (Å²) in [5.74, 6) is 0. The van der Waals surface area contributed by atoms with Gasteiger partial charge >= 0.3 is 0 Å². The zero-order valence-electron chi connectivity index (χ0n) is 12.5. The van der Waals surface area contributed by atoms with Crippen molar-refractivity contribution in [3.8, 4) is 16.1 Å². The lowest BCUT2D eigenvalue weighted by Crippen LogP contribution is -2.68. The number of aryl methyl sites for hydroxylation is 1. The second kappa shape index (κ2) is 8.04. The Morgan fingerprint density at radius 3 is 1.96 bits per heavy atom. The standard InChI is InChI=1S/C16H13ClNS.ClHO4/c1-12-2-4-13(5-3-12)16-10-11-18(19-16)15-8-6-14(17)7-9-15;2-1(3,4)5/h2-11H,1H3;(H,2,3,4,5)/q+1;/p-1. The third-order valence-electron chi connectivity index (χ3n) is 2.98. The zero-order chi connectivity index (χ0) is 17.7. The largest absolute Gasteiger partial charge is 0.225 e. The lowest BCUT2D eigenvalue weighted by molar-refractivity contribution is -2.00. The molecule has 0 fully saturated rings. The Hall–Kier alpha value is -1.51. The number of aromatic nitrogens is 1. The average Bonchev–Trinajstić information content (AvgIpc) is 2.97. The van der Waals surface area contributed by atoms with Gasteiger partial charge in [0.2, 0.25) is 5.69 Å². The highest BCUT2D eigenvalue weighted by molar-refractivity contribution is 7.05. The lowest BCUT2D eigenvalue weighted by Gasteiger charge is -2.17. The van der Waals surface area contributed by atoms with Crippen molar-refractivity contribution >= 4 is 23.1 Å². The van der Waals surface area contributed by atoms with E-state index >= 15 is 0 Å². The molecular formula is C16H13Cl2NO4S. The van der Waals surface area contributed by atoms with Crippen LogP contribution in [-0.2, 0) is 0 Å². The Labute approximate surface area is 150 Å². The van der Waals surface area contributed by atoms with Crippen molar-refractivity contribution < 1.29 is 32.8 Å². The number of rotatable bonds is 2. The molecule has 0 spiro atoms. The quantitative estimate of drug-likeness (QED) is 0.575. The molecule has 8 heteroatoms. The van der Waals surface area contributed by atoms with Crippen LogP contribution in [-0.4, -0.2) is 0 Å². The monoisotopic (exact) mass is 385 g/mol. The van der Waals surface area contributed by atoms with Gasteiger partial charge in [-0.2, -0.15) is 0 Å². The van der Waals surface area contributed by atoms with Crippen LogP contribution in [0.4, 0.5) is 0 Å². The maximum atomic E-state index is 8.49. The maximum Gasteiger partial charge on any atom is 0.225 e. The smallest absolute Gasteiger partial charge is 0.222 e. The van der Waals surface area contributed by atoms with E-state index in [1.54, 1.807) is 11.5 Å². The van der Waals surface area contributed by atoms with Crippen LogP contribution in [0.5, 0.6) is 0 Å². The minimum atomic E-state index is -4.94. The molecule has 0 saturated carbocycles. The Bertz CT molecular complexity index is 717. The van der Waals surface area contributed by atoms with Crippen LogP contribution in [0.15, 0.2) is 60.8 Å². The van der Waals surface area contributed by atoms with Crippen LogP contribution in [0.25, 0.3) is 16.1 Å². The highest BCUT2D eigenvalue weighted by atomic mass is 35.7. The SMILES string of the molecule is Cc1ccc(-c2cc[n+](-c3ccc(Cl)cc3)s2)cc1.[O-][Cl+3]([O-])([O-])[O-]. The number of hydrogen-bond acceptors (Lipinski definition) is 5. The van der Waals surface area contributed by atoms with E-state index in [9.17, 15) is 0 Å². The first-order chi connectivity index (χ1) is 11.2. The minimum absolute atomic E-state index is 0.764. The minimum Gasteiger partial charge on any atom is -0.222 e. The highest BCUT2D eigenvalue weighted by Crippen LogP contribution is 2.23. The summed E-state index contributed by atoms with van der Waals surface area (Å²) in [6.45, 7) is 2.10. The van der Waals surface area contributed by atoms with E-state index in [2.05, 4.69) is 47.4 Å². The van der Waals surface area contributed by atoms with Crippen molar-refractivity contribution in [3.05, 3.63) is 71.4 Å². The molecule has 126 valence electrons. The molecule has 3 aromatic rings. The lowest BCUT2D eigenvalue weighted by atomic mass is 10.1. The summed E-state index contributed by atoms with van der Waals surface area (Å²) < 4.78 is 36.1. The summed E-state index contributed by atoms with van der Waals surface area (Å²) in [7, 11) is -4.94. The van der Waals surface area contributed by atoms with Crippen LogP contribution in [0.1, 0.15) is 5.56 Å². The van der Waals surface area contributed by atoms with Gasteiger partial charge in [0.25, 0.3) is 0 Å². The Balaban J connectivity index is 0.000000368. The second-order valence-electron chi connectivity index (χ2n) is 4.82. The zero-order valence-corrected chi connectivity index (χ0v) is 14.8. The van der Waals surface area contributed by atoms with Gasteiger partial charge in [0.05, 0.1) is 0 Å². The molecule has 24 heavy (non-hydrogen) atoms. The van der Waals surface area contributed by atoms with Crippen LogP contribution in [0.3, 0.4) is 0 Å². The van der Waals surface area contributed by atoms with Gasteiger partial charge in [-0.25, -0.2) is 18.6 Å². The number of hydrogen-bond donors (Lipinski definition) is 0. The molecule has 0 radical (unpaired) electrons. The van der Waals surface area contributed by atoms with Gasteiger partial charge in [-0.1, -0.05) is 41.4 Å². The molecule has 0 amide bonds. The second-order valence-corrected chi connectivity index (χ2v) is 7.03. The first kappa shape index (κ1) is 18.8. The molecule has 0 aliphatic heterocycles. The van der Waals surface area contributed by atoms with Crippen LogP contribution in [0.2, 0.25) is 5.02 Å². The van der Waals surface area contributed by atoms with E-state index in [1.807, 2.05) is 24.3 Å². The summed E-state index contributed by atoms with van der Waals surface area (Å²) in [6, 6.07) is 18.6. The van der Waals surface area contributed by atoms with E-state index in [1.165, 1.54) is 16.0 Å². The van der Waals surface area contributed by atoms with Gasteiger partial charge in [0, 0.05) is 23.2 Å². The normalized spacial score (nSPS) is 10.9. The molecule has 3 rings (SSSR count). The van der Waals surface area contributed by atoms with E-state index in [0.717, 1.165) is 10.7 Å². The maximum absolute atomic E-state index is 8.49.